The topological polar surface area (TPSA) is 87.5 Å². The second-order valence-corrected chi connectivity index (χ2v) is 5.48. The molecule has 1 amide bonds. The molecular formula is C15H18N4O3. The number of hydrogen-bond acceptors (Lipinski definition) is 4. The van der Waals surface area contributed by atoms with Crippen molar-refractivity contribution in [3.8, 4) is 0 Å². The number of aryl methyl sites for hydroxylation is 1. The molecule has 0 saturated carbocycles. The number of aliphatic carboxylic acids is 1. The van der Waals surface area contributed by atoms with Crippen LogP contribution in [0, 0.1) is 5.92 Å². The number of nitrogens with one attached hydrogen (secondary N) is 1. The van der Waals surface area contributed by atoms with E-state index in [1.54, 1.807) is 16.6 Å². The summed E-state index contributed by atoms with van der Waals surface area (Å²) < 4.78 is 1.67. The highest BCUT2D eigenvalue weighted by Crippen LogP contribution is 2.19. The zero-order chi connectivity index (χ0) is 15.7. The average molecular weight is 302 g/mol. The first-order chi connectivity index (χ1) is 10.6. The van der Waals surface area contributed by atoms with Crippen molar-refractivity contribution in [2.45, 2.75) is 0 Å². The normalized spacial score (nSPS) is 19.1. The van der Waals surface area contributed by atoms with Crippen LogP contribution in [0.2, 0.25) is 0 Å². The van der Waals surface area contributed by atoms with Crippen molar-refractivity contribution in [1.29, 1.82) is 0 Å². The van der Waals surface area contributed by atoms with Gasteiger partial charge in [-0.15, -0.1) is 0 Å². The molecule has 1 fully saturated rings. The lowest BCUT2D eigenvalue weighted by Crippen LogP contribution is -2.38. The smallest absolute Gasteiger partial charge is 0.309 e. The summed E-state index contributed by atoms with van der Waals surface area (Å²) in [5.74, 6) is -1.70. The molecule has 1 aliphatic rings. The maximum atomic E-state index is 12.8. The summed E-state index contributed by atoms with van der Waals surface area (Å²) in [6.07, 6.45) is 0. The van der Waals surface area contributed by atoms with Crippen molar-refractivity contribution in [2.75, 3.05) is 26.2 Å². The number of hydrogen-bond donors (Lipinski definition) is 2. The molecule has 1 aliphatic heterocycles. The first-order valence-corrected chi connectivity index (χ1v) is 7.22. The first kappa shape index (κ1) is 14.5. The van der Waals surface area contributed by atoms with Crippen molar-refractivity contribution in [2.24, 2.45) is 13.0 Å². The van der Waals surface area contributed by atoms with Gasteiger partial charge in [-0.3, -0.25) is 14.3 Å². The van der Waals surface area contributed by atoms with Crippen LogP contribution in [0.25, 0.3) is 10.9 Å². The lowest BCUT2D eigenvalue weighted by molar-refractivity contribution is -0.141. The number of carboxylic acids is 1. The molecule has 0 bridgehead atoms. The molecule has 116 valence electrons. The Kier molecular flexibility index (Phi) is 3.81. The van der Waals surface area contributed by atoms with Crippen molar-refractivity contribution in [3.63, 3.8) is 0 Å². The third-order valence-electron chi connectivity index (χ3n) is 3.99. The monoisotopic (exact) mass is 302 g/mol. The minimum Gasteiger partial charge on any atom is -0.481 e. The SMILES string of the molecule is Cn1nc(C(=O)N2CCNC[C@@H](C(=O)O)C2)c2ccccc21. The summed E-state index contributed by atoms with van der Waals surface area (Å²) in [6, 6.07) is 7.53. The zero-order valence-electron chi connectivity index (χ0n) is 12.3. The van der Waals surface area contributed by atoms with E-state index < -0.39 is 11.9 Å². The van der Waals surface area contributed by atoms with Gasteiger partial charge in [-0.2, -0.15) is 5.10 Å². The summed E-state index contributed by atoms with van der Waals surface area (Å²) in [6.45, 7) is 1.64. The van der Waals surface area contributed by atoms with E-state index in [-0.39, 0.29) is 12.5 Å². The van der Waals surface area contributed by atoms with E-state index in [1.807, 2.05) is 24.3 Å². The van der Waals surface area contributed by atoms with Crippen LogP contribution < -0.4 is 5.32 Å². The number of para-hydroxylation sites is 1. The summed E-state index contributed by atoms with van der Waals surface area (Å²) in [5, 5.41) is 17.4. The van der Waals surface area contributed by atoms with Crippen molar-refractivity contribution >= 4 is 22.8 Å². The quantitative estimate of drug-likeness (QED) is 0.834. The molecule has 2 aromatic rings. The van der Waals surface area contributed by atoms with E-state index in [1.165, 1.54) is 0 Å². The maximum absolute atomic E-state index is 12.8. The molecule has 2 N–H and O–H groups in total. The van der Waals surface area contributed by atoms with Crippen LogP contribution in [0.4, 0.5) is 0 Å². The minimum atomic E-state index is -0.891. The molecule has 1 aromatic heterocycles. The van der Waals surface area contributed by atoms with Gasteiger partial charge in [0.2, 0.25) is 0 Å². The molecule has 7 heteroatoms. The fourth-order valence-corrected chi connectivity index (χ4v) is 2.78. The molecule has 7 nitrogen and oxygen atoms in total. The van der Waals surface area contributed by atoms with Crippen molar-refractivity contribution in [3.05, 3.63) is 30.0 Å². The number of nitrogens with zero attached hydrogens (tertiary/aromatic N) is 3. The predicted molar refractivity (Wildman–Crippen MR) is 80.6 cm³/mol. The maximum Gasteiger partial charge on any atom is 0.309 e. The van der Waals surface area contributed by atoms with E-state index in [4.69, 9.17) is 0 Å². The highest BCUT2D eigenvalue weighted by Gasteiger charge is 2.29. The Bertz CT molecular complexity index is 725. The van der Waals surface area contributed by atoms with Crippen molar-refractivity contribution in [1.82, 2.24) is 20.0 Å². The van der Waals surface area contributed by atoms with E-state index >= 15 is 0 Å². The summed E-state index contributed by atoms with van der Waals surface area (Å²) in [5.41, 5.74) is 1.26. The van der Waals surface area contributed by atoms with E-state index in [0.29, 0.717) is 25.3 Å². The first-order valence-electron chi connectivity index (χ1n) is 7.22. The Labute approximate surface area is 127 Å². The van der Waals surface area contributed by atoms with Crippen LogP contribution in [-0.4, -0.2) is 57.8 Å². The van der Waals surface area contributed by atoms with Gasteiger partial charge in [-0.05, 0) is 6.07 Å². The molecule has 1 saturated heterocycles. The van der Waals surface area contributed by atoms with Crippen LogP contribution in [0.15, 0.2) is 24.3 Å². The molecule has 3 rings (SSSR count). The average Bonchev–Trinajstić information content (AvgIpc) is 2.71. The summed E-state index contributed by atoms with van der Waals surface area (Å²) >= 11 is 0. The zero-order valence-corrected chi connectivity index (χ0v) is 12.3. The molecule has 0 spiro atoms. The Balaban J connectivity index is 1.93. The molecular weight excluding hydrogens is 284 g/mol. The van der Waals surface area contributed by atoms with Crippen LogP contribution in [0.5, 0.6) is 0 Å². The minimum absolute atomic E-state index is 0.200. The Hall–Kier alpha value is -2.41. The van der Waals surface area contributed by atoms with Gasteiger partial charge in [0.1, 0.15) is 0 Å². The molecule has 2 heterocycles. The Morgan fingerprint density at radius 1 is 1.36 bits per heavy atom. The van der Waals surface area contributed by atoms with Gasteiger partial charge in [0, 0.05) is 38.6 Å². The molecule has 1 atom stereocenters. The third kappa shape index (κ3) is 2.55. The van der Waals surface area contributed by atoms with Gasteiger partial charge >= 0.3 is 5.97 Å². The number of carbonyl (C=O) groups is 2. The van der Waals surface area contributed by atoms with Gasteiger partial charge in [0.05, 0.1) is 11.4 Å². The summed E-state index contributed by atoms with van der Waals surface area (Å²) in [7, 11) is 1.79. The van der Waals surface area contributed by atoms with Crippen molar-refractivity contribution < 1.29 is 14.7 Å². The highest BCUT2D eigenvalue weighted by molar-refractivity contribution is 6.05. The summed E-state index contributed by atoms with van der Waals surface area (Å²) in [4.78, 5) is 25.6. The number of carbonyl (C=O) groups excluding carboxylic acids is 1. The van der Waals surface area contributed by atoms with Gasteiger partial charge in [-0.25, -0.2) is 0 Å². The fraction of sp³-hybridized carbons (Fsp3) is 0.400. The largest absolute Gasteiger partial charge is 0.481 e. The molecule has 0 unspecified atom stereocenters. The number of carboxylic acid groups (broad SMARTS) is 1. The molecule has 1 aromatic carbocycles. The number of rotatable bonds is 2. The van der Waals surface area contributed by atoms with Crippen LogP contribution in [0.1, 0.15) is 10.5 Å². The molecule has 0 radical (unpaired) electrons. The molecule has 22 heavy (non-hydrogen) atoms. The highest BCUT2D eigenvalue weighted by atomic mass is 16.4. The Morgan fingerprint density at radius 2 is 2.14 bits per heavy atom. The van der Waals surface area contributed by atoms with Crippen LogP contribution in [-0.2, 0) is 11.8 Å². The van der Waals surface area contributed by atoms with E-state index in [2.05, 4.69) is 10.4 Å². The number of benzene rings is 1. The van der Waals surface area contributed by atoms with Gasteiger partial charge in [0.15, 0.2) is 5.69 Å². The fourth-order valence-electron chi connectivity index (χ4n) is 2.78. The van der Waals surface area contributed by atoms with Crippen LogP contribution >= 0.6 is 0 Å². The lowest BCUT2D eigenvalue weighted by Gasteiger charge is -2.21. The van der Waals surface area contributed by atoms with E-state index in [9.17, 15) is 14.7 Å². The standard InChI is InChI=1S/C15H18N4O3/c1-18-12-5-3-2-4-11(12)13(17-18)14(20)19-7-6-16-8-10(9-19)15(21)22/h2-5,10,16H,6-9H2,1H3,(H,21,22)/t10-/m1/s1. The number of amides is 1. The third-order valence-corrected chi connectivity index (χ3v) is 3.99. The van der Waals surface area contributed by atoms with Gasteiger partial charge in [0.25, 0.3) is 5.91 Å². The second kappa shape index (κ2) is 5.76. The Morgan fingerprint density at radius 3 is 2.91 bits per heavy atom. The second-order valence-electron chi connectivity index (χ2n) is 5.48. The predicted octanol–water partition coefficient (Wildman–Crippen LogP) is 0.320. The number of aromatic nitrogens is 2. The molecule has 0 aliphatic carbocycles. The number of fused-ring (bicyclic) bond motifs is 1. The van der Waals surface area contributed by atoms with Crippen LogP contribution in [0.3, 0.4) is 0 Å². The lowest BCUT2D eigenvalue weighted by atomic mass is 10.1. The van der Waals surface area contributed by atoms with E-state index in [0.717, 1.165) is 10.9 Å². The van der Waals surface area contributed by atoms with Gasteiger partial charge < -0.3 is 15.3 Å². The van der Waals surface area contributed by atoms with Gasteiger partial charge in [-0.1, -0.05) is 18.2 Å².